The van der Waals surface area contributed by atoms with E-state index in [9.17, 15) is 0 Å². The van der Waals surface area contributed by atoms with Crippen molar-refractivity contribution in [3.05, 3.63) is 52.0 Å². The summed E-state index contributed by atoms with van der Waals surface area (Å²) in [5.74, 6) is 0.963. The van der Waals surface area contributed by atoms with Crippen LogP contribution in [0.15, 0.2) is 40.9 Å². The Balaban J connectivity index is 2.27. The molecule has 0 spiro atoms. The van der Waals surface area contributed by atoms with Crippen molar-refractivity contribution in [1.29, 1.82) is 0 Å². The zero-order valence-electron chi connectivity index (χ0n) is 11.5. The fourth-order valence-corrected chi connectivity index (χ4v) is 2.87. The summed E-state index contributed by atoms with van der Waals surface area (Å²) in [6.07, 6.45) is 0. The third kappa shape index (κ3) is 2.05. The standard InChI is InChI=1S/C16H16BrN3/c1-10-4-3-5-12(15(10)17)16-19-13-7-6-11(9-18)8-14(13)20(16)2/h3-8H,9,18H2,1-2H3. The van der Waals surface area contributed by atoms with Crippen LogP contribution in [0.3, 0.4) is 0 Å². The summed E-state index contributed by atoms with van der Waals surface area (Å²) in [4.78, 5) is 4.75. The van der Waals surface area contributed by atoms with Gasteiger partial charge in [-0.25, -0.2) is 4.98 Å². The normalized spacial score (nSPS) is 11.2. The van der Waals surface area contributed by atoms with E-state index < -0.39 is 0 Å². The van der Waals surface area contributed by atoms with Crippen LogP contribution >= 0.6 is 15.9 Å². The molecule has 2 aromatic carbocycles. The Hall–Kier alpha value is -1.65. The van der Waals surface area contributed by atoms with E-state index in [0.717, 1.165) is 32.5 Å². The molecular formula is C16H16BrN3. The lowest BCUT2D eigenvalue weighted by atomic mass is 10.1. The monoisotopic (exact) mass is 329 g/mol. The summed E-state index contributed by atoms with van der Waals surface area (Å²) in [5, 5.41) is 0. The average molecular weight is 330 g/mol. The van der Waals surface area contributed by atoms with Gasteiger partial charge in [-0.2, -0.15) is 0 Å². The van der Waals surface area contributed by atoms with Gasteiger partial charge in [-0.05, 0) is 46.1 Å². The Morgan fingerprint density at radius 1 is 1.25 bits per heavy atom. The molecule has 0 fully saturated rings. The highest BCUT2D eigenvalue weighted by molar-refractivity contribution is 9.10. The quantitative estimate of drug-likeness (QED) is 0.777. The molecule has 0 unspecified atom stereocenters. The number of aromatic nitrogens is 2. The van der Waals surface area contributed by atoms with E-state index in [-0.39, 0.29) is 0 Å². The van der Waals surface area contributed by atoms with Crippen LogP contribution in [-0.2, 0) is 13.6 Å². The summed E-state index contributed by atoms with van der Waals surface area (Å²) < 4.78 is 3.21. The number of halogens is 1. The smallest absolute Gasteiger partial charge is 0.142 e. The molecule has 1 heterocycles. The van der Waals surface area contributed by atoms with Crippen molar-refractivity contribution in [2.75, 3.05) is 0 Å². The minimum atomic E-state index is 0.546. The van der Waals surface area contributed by atoms with E-state index in [0.29, 0.717) is 6.54 Å². The largest absolute Gasteiger partial charge is 0.327 e. The number of fused-ring (bicyclic) bond motifs is 1. The van der Waals surface area contributed by atoms with Crippen LogP contribution in [0.2, 0.25) is 0 Å². The van der Waals surface area contributed by atoms with Crippen LogP contribution in [0.4, 0.5) is 0 Å². The van der Waals surface area contributed by atoms with Gasteiger partial charge in [0, 0.05) is 23.6 Å². The molecule has 0 bridgehead atoms. The van der Waals surface area contributed by atoms with Crippen LogP contribution in [0.1, 0.15) is 11.1 Å². The zero-order valence-corrected chi connectivity index (χ0v) is 13.1. The molecule has 0 saturated carbocycles. The van der Waals surface area contributed by atoms with Crippen molar-refractivity contribution in [3.63, 3.8) is 0 Å². The van der Waals surface area contributed by atoms with Gasteiger partial charge in [0.2, 0.25) is 0 Å². The number of nitrogens with two attached hydrogens (primary N) is 1. The van der Waals surface area contributed by atoms with Gasteiger partial charge in [-0.15, -0.1) is 0 Å². The van der Waals surface area contributed by atoms with Crippen molar-refractivity contribution in [2.24, 2.45) is 12.8 Å². The Morgan fingerprint density at radius 3 is 2.80 bits per heavy atom. The fraction of sp³-hybridized carbons (Fsp3) is 0.188. The van der Waals surface area contributed by atoms with Gasteiger partial charge in [0.15, 0.2) is 0 Å². The minimum absolute atomic E-state index is 0.546. The van der Waals surface area contributed by atoms with E-state index in [1.54, 1.807) is 0 Å². The molecule has 20 heavy (non-hydrogen) atoms. The summed E-state index contributed by atoms with van der Waals surface area (Å²) >= 11 is 3.66. The van der Waals surface area contributed by atoms with Crippen molar-refractivity contribution < 1.29 is 0 Å². The Kier molecular flexibility index (Phi) is 3.36. The Labute approximate surface area is 126 Å². The SMILES string of the molecule is Cc1cccc(-c2nc3ccc(CN)cc3n2C)c1Br. The molecule has 0 radical (unpaired) electrons. The molecule has 4 heteroatoms. The predicted molar refractivity (Wildman–Crippen MR) is 86.5 cm³/mol. The molecule has 0 amide bonds. The number of rotatable bonds is 2. The van der Waals surface area contributed by atoms with E-state index in [2.05, 4.69) is 51.7 Å². The highest BCUT2D eigenvalue weighted by Gasteiger charge is 2.13. The van der Waals surface area contributed by atoms with Gasteiger partial charge >= 0.3 is 0 Å². The van der Waals surface area contributed by atoms with Gasteiger partial charge in [0.25, 0.3) is 0 Å². The maximum atomic E-state index is 5.72. The second-order valence-electron chi connectivity index (χ2n) is 4.96. The van der Waals surface area contributed by atoms with E-state index in [1.807, 2.05) is 19.2 Å². The molecule has 3 rings (SSSR count). The Morgan fingerprint density at radius 2 is 2.05 bits per heavy atom. The lowest BCUT2D eigenvalue weighted by Crippen LogP contribution is -1.97. The van der Waals surface area contributed by atoms with E-state index in [1.165, 1.54) is 5.56 Å². The number of hydrogen-bond acceptors (Lipinski definition) is 2. The second-order valence-corrected chi connectivity index (χ2v) is 5.75. The van der Waals surface area contributed by atoms with Crippen LogP contribution < -0.4 is 5.73 Å². The molecule has 3 aromatic rings. The van der Waals surface area contributed by atoms with Crippen LogP contribution in [-0.4, -0.2) is 9.55 Å². The zero-order chi connectivity index (χ0) is 14.3. The molecule has 0 atom stereocenters. The molecule has 1 aromatic heterocycles. The first-order valence-corrected chi connectivity index (χ1v) is 7.32. The maximum Gasteiger partial charge on any atom is 0.142 e. The van der Waals surface area contributed by atoms with Crippen molar-refractivity contribution >= 4 is 27.0 Å². The lowest BCUT2D eigenvalue weighted by molar-refractivity contribution is 0.955. The molecular weight excluding hydrogens is 314 g/mol. The first-order chi connectivity index (χ1) is 9.61. The minimum Gasteiger partial charge on any atom is -0.327 e. The highest BCUT2D eigenvalue weighted by Crippen LogP contribution is 2.32. The first kappa shape index (κ1) is 13.3. The van der Waals surface area contributed by atoms with Gasteiger partial charge in [-0.3, -0.25) is 0 Å². The summed E-state index contributed by atoms with van der Waals surface area (Å²) in [7, 11) is 2.04. The van der Waals surface area contributed by atoms with Crippen LogP contribution in [0.25, 0.3) is 22.4 Å². The third-order valence-electron chi connectivity index (χ3n) is 3.61. The molecule has 0 aliphatic heterocycles. The molecule has 0 aliphatic carbocycles. The van der Waals surface area contributed by atoms with Crippen LogP contribution in [0, 0.1) is 6.92 Å². The average Bonchev–Trinajstić information content (AvgIpc) is 2.78. The van der Waals surface area contributed by atoms with Crippen molar-refractivity contribution in [2.45, 2.75) is 13.5 Å². The molecule has 0 saturated heterocycles. The number of hydrogen-bond donors (Lipinski definition) is 1. The van der Waals surface area contributed by atoms with Crippen LogP contribution in [0.5, 0.6) is 0 Å². The number of benzene rings is 2. The van der Waals surface area contributed by atoms with Crippen molar-refractivity contribution in [3.8, 4) is 11.4 Å². The van der Waals surface area contributed by atoms with Crippen molar-refractivity contribution in [1.82, 2.24) is 9.55 Å². The van der Waals surface area contributed by atoms with Gasteiger partial charge in [-0.1, -0.05) is 24.3 Å². The Bertz CT molecular complexity index is 790. The van der Waals surface area contributed by atoms with E-state index in [4.69, 9.17) is 10.7 Å². The molecule has 0 aliphatic rings. The first-order valence-electron chi connectivity index (χ1n) is 6.52. The molecule has 3 nitrogen and oxygen atoms in total. The predicted octanol–water partition coefficient (Wildman–Crippen LogP) is 3.77. The van der Waals surface area contributed by atoms with Gasteiger partial charge in [0.1, 0.15) is 5.82 Å². The van der Waals surface area contributed by atoms with Gasteiger partial charge in [0.05, 0.1) is 11.0 Å². The maximum absolute atomic E-state index is 5.72. The molecule has 2 N–H and O–H groups in total. The lowest BCUT2D eigenvalue weighted by Gasteiger charge is -2.07. The molecule has 102 valence electrons. The summed E-state index contributed by atoms with van der Waals surface area (Å²) in [6.45, 7) is 2.63. The number of aryl methyl sites for hydroxylation is 2. The number of imidazole rings is 1. The second kappa shape index (κ2) is 5.04. The van der Waals surface area contributed by atoms with Gasteiger partial charge < -0.3 is 10.3 Å². The third-order valence-corrected chi connectivity index (χ3v) is 4.67. The van der Waals surface area contributed by atoms with E-state index >= 15 is 0 Å². The topological polar surface area (TPSA) is 43.8 Å². The number of nitrogens with zero attached hydrogens (tertiary/aromatic N) is 2. The summed E-state index contributed by atoms with van der Waals surface area (Å²) in [5.41, 5.74) is 11.3. The fourth-order valence-electron chi connectivity index (χ4n) is 2.42. The summed E-state index contributed by atoms with van der Waals surface area (Å²) in [6, 6.07) is 12.4. The highest BCUT2D eigenvalue weighted by atomic mass is 79.9.